The van der Waals surface area contributed by atoms with Crippen molar-refractivity contribution in [2.45, 2.75) is 42.0 Å². The van der Waals surface area contributed by atoms with E-state index in [2.05, 4.69) is 5.32 Å². The summed E-state index contributed by atoms with van der Waals surface area (Å²) in [6.07, 6.45) is 2.84. The second-order valence-electron chi connectivity index (χ2n) is 6.80. The maximum atomic E-state index is 13.0. The van der Waals surface area contributed by atoms with Crippen LogP contribution in [-0.2, 0) is 14.8 Å². The van der Waals surface area contributed by atoms with E-state index in [9.17, 15) is 13.2 Å². The third-order valence-electron chi connectivity index (χ3n) is 5.09. The van der Waals surface area contributed by atoms with Crippen molar-refractivity contribution in [1.29, 1.82) is 0 Å². The summed E-state index contributed by atoms with van der Waals surface area (Å²) in [7, 11) is -3.65. The van der Waals surface area contributed by atoms with Gasteiger partial charge >= 0.3 is 0 Å². The van der Waals surface area contributed by atoms with Crippen LogP contribution in [0.5, 0.6) is 5.75 Å². The number of hydrogen-bond donors (Lipinski definition) is 1. The van der Waals surface area contributed by atoms with Crippen molar-refractivity contribution in [2.75, 3.05) is 13.2 Å². The minimum absolute atomic E-state index is 0.157. The minimum atomic E-state index is -3.65. The molecule has 1 aromatic heterocycles. The standard InChI is InChI=1S/C19H22N2O4S2/c22-19(20-15-10-12-25-17-8-2-1-6-14(15)17)16-7-3-4-11-21(16)27(23,24)18-9-5-13-26-18/h1-2,5-6,8-9,13,15-16H,3-4,7,10-12H2,(H,20,22)/t15-,16+/m1/s1. The summed E-state index contributed by atoms with van der Waals surface area (Å²) in [5.41, 5.74) is 0.945. The van der Waals surface area contributed by atoms with Gasteiger partial charge in [0.1, 0.15) is 16.0 Å². The van der Waals surface area contributed by atoms with Gasteiger partial charge in [-0.15, -0.1) is 11.3 Å². The molecule has 0 bridgehead atoms. The van der Waals surface area contributed by atoms with Crippen molar-refractivity contribution in [3.63, 3.8) is 0 Å². The summed E-state index contributed by atoms with van der Waals surface area (Å²) >= 11 is 1.19. The lowest BCUT2D eigenvalue weighted by Gasteiger charge is -2.35. The zero-order valence-electron chi connectivity index (χ0n) is 14.8. The summed E-state index contributed by atoms with van der Waals surface area (Å²) in [6.45, 7) is 0.909. The number of thiophene rings is 1. The predicted molar refractivity (Wildman–Crippen MR) is 103 cm³/mol. The van der Waals surface area contributed by atoms with Gasteiger partial charge in [-0.3, -0.25) is 4.79 Å². The number of ether oxygens (including phenoxy) is 1. The third kappa shape index (κ3) is 3.61. The highest BCUT2D eigenvalue weighted by Crippen LogP contribution is 2.33. The molecule has 0 radical (unpaired) electrons. The smallest absolute Gasteiger partial charge is 0.253 e. The highest BCUT2D eigenvalue weighted by molar-refractivity contribution is 7.91. The number of piperidine rings is 1. The van der Waals surface area contributed by atoms with Crippen LogP contribution in [0.1, 0.15) is 37.3 Å². The third-order valence-corrected chi connectivity index (χ3v) is 8.37. The number of carbonyl (C=O) groups is 1. The van der Waals surface area contributed by atoms with Gasteiger partial charge in [-0.25, -0.2) is 8.42 Å². The molecule has 4 rings (SSSR count). The van der Waals surface area contributed by atoms with Crippen LogP contribution in [0.25, 0.3) is 0 Å². The molecule has 144 valence electrons. The van der Waals surface area contributed by atoms with Crippen LogP contribution < -0.4 is 10.1 Å². The van der Waals surface area contributed by atoms with Gasteiger partial charge in [0, 0.05) is 18.5 Å². The van der Waals surface area contributed by atoms with E-state index in [1.807, 2.05) is 24.3 Å². The molecule has 1 amide bonds. The zero-order chi connectivity index (χ0) is 18.9. The summed E-state index contributed by atoms with van der Waals surface area (Å²) in [5.74, 6) is 0.553. The fourth-order valence-corrected chi connectivity index (χ4v) is 6.52. The number of nitrogens with one attached hydrogen (secondary N) is 1. The molecule has 1 saturated heterocycles. The first-order valence-corrected chi connectivity index (χ1v) is 11.5. The first-order valence-electron chi connectivity index (χ1n) is 9.15. The van der Waals surface area contributed by atoms with Gasteiger partial charge in [-0.1, -0.05) is 30.7 Å². The number of fused-ring (bicyclic) bond motifs is 1. The fraction of sp³-hybridized carbons (Fsp3) is 0.421. The average molecular weight is 407 g/mol. The lowest BCUT2D eigenvalue weighted by molar-refractivity contribution is -0.126. The maximum absolute atomic E-state index is 13.0. The highest BCUT2D eigenvalue weighted by Gasteiger charge is 2.39. The molecule has 3 heterocycles. The van der Waals surface area contributed by atoms with Crippen molar-refractivity contribution in [3.8, 4) is 5.75 Å². The van der Waals surface area contributed by atoms with E-state index in [4.69, 9.17) is 4.74 Å². The predicted octanol–water partition coefficient (Wildman–Crippen LogP) is 2.93. The molecule has 0 unspecified atom stereocenters. The molecule has 27 heavy (non-hydrogen) atoms. The topological polar surface area (TPSA) is 75.7 Å². The fourth-order valence-electron chi connectivity index (χ4n) is 3.74. The number of benzene rings is 1. The van der Waals surface area contributed by atoms with E-state index in [1.54, 1.807) is 17.5 Å². The van der Waals surface area contributed by atoms with E-state index >= 15 is 0 Å². The number of para-hydroxylation sites is 1. The number of hydrogen-bond acceptors (Lipinski definition) is 5. The first-order chi connectivity index (χ1) is 13.1. The lowest BCUT2D eigenvalue weighted by Crippen LogP contribution is -2.52. The number of sulfonamides is 1. The second-order valence-corrected chi connectivity index (χ2v) is 9.86. The molecule has 0 saturated carbocycles. The van der Waals surface area contributed by atoms with E-state index in [0.717, 1.165) is 24.2 Å². The Balaban J connectivity index is 1.56. The van der Waals surface area contributed by atoms with Gasteiger partial charge in [-0.2, -0.15) is 4.31 Å². The van der Waals surface area contributed by atoms with E-state index in [0.29, 0.717) is 30.2 Å². The molecule has 2 aliphatic rings. The van der Waals surface area contributed by atoms with Crippen LogP contribution in [0.2, 0.25) is 0 Å². The summed E-state index contributed by atoms with van der Waals surface area (Å²) in [5, 5.41) is 4.81. The van der Waals surface area contributed by atoms with Crippen LogP contribution in [0, 0.1) is 0 Å². The molecule has 1 fully saturated rings. The number of carbonyl (C=O) groups excluding carboxylic acids is 1. The van der Waals surface area contributed by atoms with Gasteiger partial charge in [0.2, 0.25) is 5.91 Å². The van der Waals surface area contributed by atoms with Crippen LogP contribution >= 0.6 is 11.3 Å². The monoisotopic (exact) mass is 406 g/mol. The van der Waals surface area contributed by atoms with Crippen molar-refractivity contribution in [2.24, 2.45) is 0 Å². The Hall–Kier alpha value is -1.90. The molecule has 0 aliphatic carbocycles. The Labute approximate surface area is 163 Å². The van der Waals surface area contributed by atoms with Gasteiger partial charge in [0.05, 0.1) is 12.6 Å². The number of amides is 1. The molecule has 1 aromatic carbocycles. The molecule has 0 spiro atoms. The van der Waals surface area contributed by atoms with Gasteiger partial charge < -0.3 is 10.1 Å². The van der Waals surface area contributed by atoms with Gasteiger partial charge in [0.15, 0.2) is 0 Å². The molecule has 2 atom stereocenters. The summed E-state index contributed by atoms with van der Waals surface area (Å²) < 4.78 is 33.3. The van der Waals surface area contributed by atoms with Crippen molar-refractivity contribution in [1.82, 2.24) is 9.62 Å². The van der Waals surface area contributed by atoms with Gasteiger partial charge in [0.25, 0.3) is 10.0 Å². The van der Waals surface area contributed by atoms with Crippen molar-refractivity contribution in [3.05, 3.63) is 47.3 Å². The molecular formula is C19H22N2O4S2. The normalized spacial score (nSPS) is 23.3. The molecule has 6 nitrogen and oxygen atoms in total. The molecule has 8 heteroatoms. The molecule has 1 N–H and O–H groups in total. The highest BCUT2D eigenvalue weighted by atomic mass is 32.2. The second kappa shape index (κ2) is 7.61. The van der Waals surface area contributed by atoms with E-state index in [-0.39, 0.29) is 11.9 Å². The van der Waals surface area contributed by atoms with E-state index in [1.165, 1.54) is 15.6 Å². The van der Waals surface area contributed by atoms with Crippen molar-refractivity contribution < 1.29 is 17.9 Å². The SMILES string of the molecule is O=C(N[C@@H]1CCOc2ccccc21)[C@@H]1CCCCN1S(=O)(=O)c1cccs1. The average Bonchev–Trinajstić information content (AvgIpc) is 3.24. The minimum Gasteiger partial charge on any atom is -0.493 e. The number of nitrogens with zero attached hydrogens (tertiary/aromatic N) is 1. The zero-order valence-corrected chi connectivity index (χ0v) is 16.5. The lowest BCUT2D eigenvalue weighted by atomic mass is 9.99. The van der Waals surface area contributed by atoms with Crippen LogP contribution in [0.3, 0.4) is 0 Å². The Bertz CT molecular complexity index is 912. The van der Waals surface area contributed by atoms with Crippen LogP contribution in [0.15, 0.2) is 46.0 Å². The summed E-state index contributed by atoms with van der Waals surface area (Å²) in [4.78, 5) is 13.0. The first kappa shape index (κ1) is 18.5. The summed E-state index contributed by atoms with van der Waals surface area (Å²) in [6, 6.07) is 10.1. The van der Waals surface area contributed by atoms with Crippen LogP contribution in [-0.4, -0.2) is 37.8 Å². The maximum Gasteiger partial charge on any atom is 0.253 e. The Morgan fingerprint density at radius 3 is 2.81 bits per heavy atom. The molecule has 2 aromatic rings. The Morgan fingerprint density at radius 2 is 2.00 bits per heavy atom. The molecular weight excluding hydrogens is 384 g/mol. The molecule has 2 aliphatic heterocycles. The quantitative estimate of drug-likeness (QED) is 0.847. The van der Waals surface area contributed by atoms with E-state index < -0.39 is 16.1 Å². The number of rotatable bonds is 4. The van der Waals surface area contributed by atoms with Gasteiger partial charge in [-0.05, 0) is 30.4 Å². The Morgan fingerprint density at radius 1 is 1.15 bits per heavy atom. The largest absolute Gasteiger partial charge is 0.493 e. The Kier molecular flexibility index (Phi) is 5.21. The van der Waals surface area contributed by atoms with Crippen LogP contribution in [0.4, 0.5) is 0 Å². The van der Waals surface area contributed by atoms with Crippen molar-refractivity contribution >= 4 is 27.3 Å².